The number of phenols is 1. The average Bonchev–Trinajstić information content (AvgIpc) is 2.94. The van der Waals surface area contributed by atoms with Crippen LogP contribution in [0.2, 0.25) is 0 Å². The maximum absolute atomic E-state index is 12.6. The van der Waals surface area contributed by atoms with Crippen LogP contribution in [0, 0.1) is 0 Å². The number of phenolic OH excluding ortho intramolecular Hbond substituents is 1. The molecular formula is C20H29N3O4. The van der Waals surface area contributed by atoms with Gasteiger partial charge in [0.2, 0.25) is 12.7 Å². The number of nitrogens with zero attached hydrogens (tertiary/aromatic N) is 3. The number of carbonyl (C=O) groups excluding carboxylic acids is 1. The minimum Gasteiger partial charge on any atom is -0.507 e. The quantitative estimate of drug-likeness (QED) is 0.863. The lowest BCUT2D eigenvalue weighted by Crippen LogP contribution is -2.49. The maximum atomic E-state index is 12.6. The lowest BCUT2D eigenvalue weighted by Gasteiger charge is -2.35. The summed E-state index contributed by atoms with van der Waals surface area (Å²) in [7, 11) is 0. The molecule has 4 rings (SSSR count). The lowest BCUT2D eigenvalue weighted by atomic mass is 10.1. The highest BCUT2D eigenvalue weighted by Crippen LogP contribution is 2.38. The number of carbonyl (C=O) groups is 1. The fraction of sp³-hybridized carbons (Fsp3) is 0.650. The second-order valence-electron chi connectivity index (χ2n) is 7.68. The van der Waals surface area contributed by atoms with Gasteiger partial charge >= 0.3 is 0 Å². The van der Waals surface area contributed by atoms with Crippen molar-refractivity contribution in [3.8, 4) is 17.2 Å². The van der Waals surface area contributed by atoms with E-state index >= 15 is 0 Å². The first-order chi connectivity index (χ1) is 13.2. The van der Waals surface area contributed by atoms with E-state index in [-0.39, 0.29) is 18.4 Å². The first-order valence-corrected chi connectivity index (χ1v) is 10.0. The van der Waals surface area contributed by atoms with Gasteiger partial charge in [-0.25, -0.2) is 0 Å². The molecule has 1 aromatic rings. The van der Waals surface area contributed by atoms with E-state index in [4.69, 9.17) is 9.47 Å². The van der Waals surface area contributed by atoms with Crippen LogP contribution in [0.25, 0.3) is 0 Å². The van der Waals surface area contributed by atoms with Crippen molar-refractivity contribution in [1.29, 1.82) is 0 Å². The van der Waals surface area contributed by atoms with Crippen LogP contribution in [0.5, 0.6) is 17.2 Å². The summed E-state index contributed by atoms with van der Waals surface area (Å²) in [6.07, 6.45) is 4.77. The Labute approximate surface area is 160 Å². The molecule has 0 aromatic heterocycles. The molecule has 3 aliphatic heterocycles. The number of aromatic hydroxyl groups is 1. The van der Waals surface area contributed by atoms with Crippen LogP contribution >= 0.6 is 0 Å². The number of likely N-dealkylation sites (tertiary alicyclic amines) is 1. The van der Waals surface area contributed by atoms with E-state index < -0.39 is 0 Å². The van der Waals surface area contributed by atoms with E-state index in [0.717, 1.165) is 57.7 Å². The molecule has 0 aliphatic carbocycles. The summed E-state index contributed by atoms with van der Waals surface area (Å²) < 4.78 is 10.7. The number of rotatable bonds is 4. The standard InChI is InChI=1S/C20H29N3O4/c24-17-12-19-18(26-15-27-19)11-16(17)13-21-7-9-22(10-8-21)14-20(25)23-5-3-1-2-4-6-23/h11-12,24H,1-10,13-15H2. The van der Waals surface area contributed by atoms with Crippen molar-refractivity contribution in [3.63, 3.8) is 0 Å². The van der Waals surface area contributed by atoms with Crippen molar-refractivity contribution in [2.45, 2.75) is 32.2 Å². The van der Waals surface area contributed by atoms with E-state index in [9.17, 15) is 9.90 Å². The van der Waals surface area contributed by atoms with Crippen LogP contribution in [0.1, 0.15) is 31.2 Å². The molecule has 0 atom stereocenters. The number of piperazine rings is 1. The summed E-state index contributed by atoms with van der Waals surface area (Å²) in [6.45, 7) is 6.80. The molecule has 1 aromatic carbocycles. The van der Waals surface area contributed by atoms with Crippen molar-refractivity contribution >= 4 is 5.91 Å². The van der Waals surface area contributed by atoms with Crippen LogP contribution in [0.3, 0.4) is 0 Å². The van der Waals surface area contributed by atoms with Crippen molar-refractivity contribution in [3.05, 3.63) is 17.7 Å². The van der Waals surface area contributed by atoms with Gasteiger partial charge in [-0.15, -0.1) is 0 Å². The Hall–Kier alpha value is -1.99. The highest BCUT2D eigenvalue weighted by Gasteiger charge is 2.24. The fourth-order valence-electron chi connectivity index (χ4n) is 4.06. The number of fused-ring (bicyclic) bond motifs is 1. The highest BCUT2D eigenvalue weighted by molar-refractivity contribution is 5.78. The molecular weight excluding hydrogens is 346 g/mol. The molecule has 0 saturated carbocycles. The highest BCUT2D eigenvalue weighted by atomic mass is 16.7. The van der Waals surface area contributed by atoms with Crippen LogP contribution < -0.4 is 9.47 Å². The van der Waals surface area contributed by atoms with Gasteiger partial charge in [0.25, 0.3) is 0 Å². The molecule has 2 fully saturated rings. The number of benzene rings is 1. The number of hydrogen-bond acceptors (Lipinski definition) is 6. The van der Waals surface area contributed by atoms with E-state index in [0.29, 0.717) is 24.6 Å². The number of ether oxygens (including phenoxy) is 2. The largest absolute Gasteiger partial charge is 0.507 e. The van der Waals surface area contributed by atoms with Gasteiger partial charge in [-0.05, 0) is 18.9 Å². The van der Waals surface area contributed by atoms with Gasteiger partial charge in [-0.3, -0.25) is 14.6 Å². The first-order valence-electron chi connectivity index (χ1n) is 10.0. The van der Waals surface area contributed by atoms with E-state index in [2.05, 4.69) is 9.80 Å². The van der Waals surface area contributed by atoms with Gasteiger partial charge in [0.1, 0.15) is 5.75 Å². The molecule has 2 saturated heterocycles. The van der Waals surface area contributed by atoms with Crippen LogP contribution in [0.15, 0.2) is 12.1 Å². The Morgan fingerprint density at radius 2 is 1.52 bits per heavy atom. The zero-order valence-electron chi connectivity index (χ0n) is 15.9. The van der Waals surface area contributed by atoms with Crippen LogP contribution in [-0.2, 0) is 11.3 Å². The van der Waals surface area contributed by atoms with Crippen LogP contribution in [-0.4, -0.2) is 78.3 Å². The predicted molar refractivity (Wildman–Crippen MR) is 101 cm³/mol. The average molecular weight is 375 g/mol. The molecule has 27 heavy (non-hydrogen) atoms. The molecule has 148 valence electrons. The monoisotopic (exact) mass is 375 g/mol. The molecule has 1 amide bonds. The molecule has 1 N–H and O–H groups in total. The predicted octanol–water partition coefficient (Wildman–Crippen LogP) is 1.64. The summed E-state index contributed by atoms with van der Waals surface area (Å²) in [5, 5.41) is 10.2. The Bertz CT molecular complexity index is 665. The maximum Gasteiger partial charge on any atom is 0.236 e. The SMILES string of the molecule is O=C(CN1CCN(Cc2cc3c(cc2O)OCO3)CC1)N1CCCCCC1. The third-order valence-corrected chi connectivity index (χ3v) is 5.75. The summed E-state index contributed by atoms with van der Waals surface area (Å²) in [6, 6.07) is 3.50. The topological polar surface area (TPSA) is 65.5 Å². The van der Waals surface area contributed by atoms with Gasteiger partial charge < -0.3 is 19.5 Å². The molecule has 7 nitrogen and oxygen atoms in total. The molecule has 3 heterocycles. The summed E-state index contributed by atoms with van der Waals surface area (Å²) in [5.41, 5.74) is 0.855. The molecule has 7 heteroatoms. The van der Waals surface area contributed by atoms with Crippen molar-refractivity contribution in [2.24, 2.45) is 0 Å². The van der Waals surface area contributed by atoms with Gasteiger partial charge in [-0.2, -0.15) is 0 Å². The molecule has 0 spiro atoms. The molecule has 0 unspecified atom stereocenters. The minimum atomic E-state index is 0.210. The third-order valence-electron chi connectivity index (χ3n) is 5.75. The fourth-order valence-corrected chi connectivity index (χ4v) is 4.06. The first kappa shape index (κ1) is 18.4. The van der Waals surface area contributed by atoms with E-state index in [1.807, 2.05) is 11.0 Å². The normalized spacial score (nSPS) is 21.3. The Kier molecular flexibility index (Phi) is 5.69. The zero-order valence-corrected chi connectivity index (χ0v) is 15.9. The number of amides is 1. The zero-order chi connectivity index (χ0) is 18.6. The van der Waals surface area contributed by atoms with E-state index in [1.54, 1.807) is 6.07 Å². The Balaban J connectivity index is 1.26. The minimum absolute atomic E-state index is 0.210. The smallest absolute Gasteiger partial charge is 0.236 e. The molecule has 0 bridgehead atoms. The summed E-state index contributed by atoms with van der Waals surface area (Å²) in [4.78, 5) is 19.2. The second-order valence-corrected chi connectivity index (χ2v) is 7.68. The van der Waals surface area contributed by atoms with Gasteiger partial charge in [0.15, 0.2) is 11.5 Å². The van der Waals surface area contributed by atoms with Gasteiger partial charge in [-0.1, -0.05) is 12.8 Å². The lowest BCUT2D eigenvalue weighted by molar-refractivity contribution is -0.132. The summed E-state index contributed by atoms with van der Waals surface area (Å²) in [5.74, 6) is 1.83. The van der Waals surface area contributed by atoms with E-state index in [1.165, 1.54) is 12.8 Å². The van der Waals surface area contributed by atoms with Crippen molar-refractivity contribution in [1.82, 2.24) is 14.7 Å². The van der Waals surface area contributed by atoms with Crippen LogP contribution in [0.4, 0.5) is 0 Å². The third kappa shape index (κ3) is 4.47. The van der Waals surface area contributed by atoms with Gasteiger partial charge in [0.05, 0.1) is 6.54 Å². The molecule has 3 aliphatic rings. The Morgan fingerprint density at radius 3 is 2.22 bits per heavy atom. The van der Waals surface area contributed by atoms with Crippen molar-refractivity contribution < 1.29 is 19.4 Å². The molecule has 0 radical (unpaired) electrons. The summed E-state index contributed by atoms with van der Waals surface area (Å²) >= 11 is 0. The van der Waals surface area contributed by atoms with Crippen molar-refractivity contribution in [2.75, 3.05) is 52.6 Å². The number of hydrogen-bond donors (Lipinski definition) is 1. The Morgan fingerprint density at radius 1 is 0.889 bits per heavy atom. The second kappa shape index (κ2) is 8.35. The van der Waals surface area contributed by atoms with Gasteiger partial charge in [0, 0.05) is 57.4 Å².